The topological polar surface area (TPSA) is 69.7 Å². The minimum Gasteiger partial charge on any atom is -0.337 e. The summed E-state index contributed by atoms with van der Waals surface area (Å²) >= 11 is 0. The van der Waals surface area contributed by atoms with Crippen LogP contribution in [0, 0.1) is 6.92 Å². The maximum absolute atomic E-state index is 12.9. The molecule has 2 fully saturated rings. The highest BCUT2D eigenvalue weighted by molar-refractivity contribution is 6.09. The molecule has 1 aliphatic carbocycles. The molecule has 1 heterocycles. The summed E-state index contributed by atoms with van der Waals surface area (Å²) in [4.78, 5) is 41.0. The Morgan fingerprint density at radius 2 is 1.81 bits per heavy atom. The molecule has 0 radical (unpaired) electrons. The summed E-state index contributed by atoms with van der Waals surface area (Å²) < 4.78 is 0. The Morgan fingerprint density at radius 1 is 1.15 bits per heavy atom. The van der Waals surface area contributed by atoms with Crippen LogP contribution in [-0.4, -0.2) is 46.3 Å². The lowest BCUT2D eigenvalue weighted by Gasteiger charge is -2.30. The molecular formula is C21H29N3O3. The monoisotopic (exact) mass is 371 g/mol. The van der Waals surface area contributed by atoms with E-state index in [1.54, 1.807) is 4.90 Å². The normalized spacial score (nSPS) is 18.7. The molecule has 0 aromatic heterocycles. The summed E-state index contributed by atoms with van der Waals surface area (Å²) in [6, 6.07) is 7.64. The number of carbonyl (C=O) groups is 3. The van der Waals surface area contributed by atoms with Crippen molar-refractivity contribution in [3.8, 4) is 0 Å². The highest BCUT2D eigenvalue weighted by Crippen LogP contribution is 2.33. The van der Waals surface area contributed by atoms with Gasteiger partial charge in [-0.3, -0.25) is 14.5 Å². The van der Waals surface area contributed by atoms with Gasteiger partial charge in [0.05, 0.1) is 0 Å². The maximum atomic E-state index is 12.9. The SMILES string of the molecule is CCCN(Cc1ccc(C)cc1)C(=O)CN1C(=O)NC2(CCCCC2)C1=O. The second-order valence-electron chi connectivity index (χ2n) is 7.77. The zero-order valence-corrected chi connectivity index (χ0v) is 16.3. The highest BCUT2D eigenvalue weighted by Gasteiger charge is 2.51. The number of nitrogens with one attached hydrogen (secondary N) is 1. The van der Waals surface area contributed by atoms with Gasteiger partial charge in [0.1, 0.15) is 12.1 Å². The van der Waals surface area contributed by atoms with Crippen molar-refractivity contribution in [1.82, 2.24) is 15.1 Å². The predicted octanol–water partition coefficient (Wildman–Crippen LogP) is 2.99. The van der Waals surface area contributed by atoms with Gasteiger partial charge in [-0.2, -0.15) is 0 Å². The summed E-state index contributed by atoms with van der Waals surface area (Å²) in [5, 5.41) is 2.87. The Balaban J connectivity index is 1.68. The van der Waals surface area contributed by atoms with Gasteiger partial charge in [0, 0.05) is 13.1 Å². The third kappa shape index (κ3) is 4.15. The molecule has 1 aromatic rings. The summed E-state index contributed by atoms with van der Waals surface area (Å²) in [5.74, 6) is -0.416. The van der Waals surface area contributed by atoms with Gasteiger partial charge in [-0.05, 0) is 31.7 Å². The van der Waals surface area contributed by atoms with Crippen LogP contribution in [0.15, 0.2) is 24.3 Å². The first-order chi connectivity index (χ1) is 12.9. The van der Waals surface area contributed by atoms with E-state index in [0.29, 0.717) is 25.9 Å². The quantitative estimate of drug-likeness (QED) is 0.782. The molecule has 1 N–H and O–H groups in total. The number of benzene rings is 1. The van der Waals surface area contributed by atoms with E-state index in [1.165, 1.54) is 5.56 Å². The number of hydrogen-bond acceptors (Lipinski definition) is 3. The number of carbonyl (C=O) groups excluding carboxylic acids is 3. The van der Waals surface area contributed by atoms with E-state index in [-0.39, 0.29) is 18.4 Å². The van der Waals surface area contributed by atoms with Crippen LogP contribution in [0.25, 0.3) is 0 Å². The van der Waals surface area contributed by atoms with Gasteiger partial charge < -0.3 is 10.2 Å². The van der Waals surface area contributed by atoms with Crippen molar-refractivity contribution in [3.63, 3.8) is 0 Å². The lowest BCUT2D eigenvalue weighted by Crippen LogP contribution is -2.49. The van der Waals surface area contributed by atoms with Gasteiger partial charge >= 0.3 is 6.03 Å². The molecule has 0 atom stereocenters. The Kier molecular flexibility index (Phi) is 5.82. The van der Waals surface area contributed by atoms with Crippen molar-refractivity contribution in [1.29, 1.82) is 0 Å². The lowest BCUT2D eigenvalue weighted by atomic mass is 9.82. The predicted molar refractivity (Wildman–Crippen MR) is 103 cm³/mol. The Morgan fingerprint density at radius 3 is 2.44 bits per heavy atom. The van der Waals surface area contributed by atoms with Gasteiger partial charge in [-0.15, -0.1) is 0 Å². The number of nitrogens with zero attached hydrogens (tertiary/aromatic N) is 2. The molecule has 2 aliphatic rings. The maximum Gasteiger partial charge on any atom is 0.325 e. The molecule has 146 valence electrons. The minimum absolute atomic E-state index is 0.182. The van der Waals surface area contributed by atoms with Crippen LogP contribution < -0.4 is 5.32 Å². The Hall–Kier alpha value is -2.37. The molecule has 1 saturated heterocycles. The van der Waals surface area contributed by atoms with E-state index in [4.69, 9.17) is 0 Å². The van der Waals surface area contributed by atoms with Crippen LogP contribution >= 0.6 is 0 Å². The first-order valence-electron chi connectivity index (χ1n) is 9.92. The summed E-state index contributed by atoms with van der Waals surface area (Å²) in [6.07, 6.45) is 5.12. The Bertz CT molecular complexity index is 708. The molecule has 1 aromatic carbocycles. The van der Waals surface area contributed by atoms with E-state index in [2.05, 4.69) is 5.32 Å². The van der Waals surface area contributed by atoms with Crippen LogP contribution in [-0.2, 0) is 16.1 Å². The number of urea groups is 1. The van der Waals surface area contributed by atoms with Crippen LogP contribution in [0.5, 0.6) is 0 Å². The van der Waals surface area contributed by atoms with Crippen molar-refractivity contribution < 1.29 is 14.4 Å². The highest BCUT2D eigenvalue weighted by atomic mass is 16.2. The fourth-order valence-electron chi connectivity index (χ4n) is 4.02. The smallest absolute Gasteiger partial charge is 0.325 e. The van der Waals surface area contributed by atoms with Gasteiger partial charge in [0.25, 0.3) is 5.91 Å². The van der Waals surface area contributed by atoms with Gasteiger partial charge in [0.15, 0.2) is 0 Å². The average Bonchev–Trinajstić information content (AvgIpc) is 2.87. The van der Waals surface area contributed by atoms with Crippen LogP contribution in [0.4, 0.5) is 4.79 Å². The van der Waals surface area contributed by atoms with Crippen molar-refractivity contribution in [3.05, 3.63) is 35.4 Å². The summed E-state index contributed by atoms with van der Waals surface area (Å²) in [5.41, 5.74) is 1.44. The number of hydrogen-bond donors (Lipinski definition) is 1. The Labute approximate surface area is 160 Å². The van der Waals surface area contributed by atoms with Gasteiger partial charge in [-0.25, -0.2) is 4.79 Å². The molecule has 0 bridgehead atoms. The number of amides is 4. The summed E-state index contributed by atoms with van der Waals surface area (Å²) in [7, 11) is 0. The van der Waals surface area contributed by atoms with E-state index in [1.807, 2.05) is 38.1 Å². The van der Waals surface area contributed by atoms with Crippen molar-refractivity contribution in [2.24, 2.45) is 0 Å². The zero-order valence-electron chi connectivity index (χ0n) is 16.3. The van der Waals surface area contributed by atoms with E-state index >= 15 is 0 Å². The third-order valence-electron chi connectivity index (χ3n) is 5.59. The molecular weight excluding hydrogens is 342 g/mol. The second kappa shape index (κ2) is 8.11. The van der Waals surface area contributed by atoms with Crippen LogP contribution in [0.1, 0.15) is 56.6 Å². The van der Waals surface area contributed by atoms with Gasteiger partial charge in [0.2, 0.25) is 5.91 Å². The standard InChI is InChI=1S/C21H29N3O3/c1-3-13-23(14-17-9-7-16(2)8-10-17)18(25)15-24-19(26)21(22-20(24)27)11-5-4-6-12-21/h7-10H,3-6,11-15H2,1-2H3,(H,22,27). The number of aryl methyl sites for hydroxylation is 1. The first-order valence-corrected chi connectivity index (χ1v) is 9.92. The average molecular weight is 371 g/mol. The van der Waals surface area contributed by atoms with Crippen molar-refractivity contribution in [2.45, 2.75) is 64.5 Å². The molecule has 4 amide bonds. The zero-order chi connectivity index (χ0) is 19.4. The molecule has 1 spiro atoms. The molecule has 27 heavy (non-hydrogen) atoms. The van der Waals surface area contributed by atoms with E-state index < -0.39 is 11.6 Å². The van der Waals surface area contributed by atoms with Crippen LogP contribution in [0.3, 0.4) is 0 Å². The fraction of sp³-hybridized carbons (Fsp3) is 0.571. The van der Waals surface area contributed by atoms with Crippen molar-refractivity contribution >= 4 is 17.8 Å². The minimum atomic E-state index is -0.776. The number of rotatable bonds is 6. The molecule has 1 saturated carbocycles. The largest absolute Gasteiger partial charge is 0.337 e. The molecule has 0 unspecified atom stereocenters. The first kappa shape index (κ1) is 19.4. The van der Waals surface area contributed by atoms with E-state index in [9.17, 15) is 14.4 Å². The lowest BCUT2D eigenvalue weighted by molar-refractivity contribution is -0.139. The third-order valence-corrected chi connectivity index (χ3v) is 5.59. The van der Waals surface area contributed by atoms with E-state index in [0.717, 1.165) is 36.1 Å². The fourth-order valence-corrected chi connectivity index (χ4v) is 4.02. The van der Waals surface area contributed by atoms with Crippen LogP contribution in [0.2, 0.25) is 0 Å². The summed E-state index contributed by atoms with van der Waals surface area (Å²) in [6.45, 7) is 4.94. The molecule has 3 rings (SSSR count). The molecule has 1 aliphatic heterocycles. The number of imide groups is 1. The molecule has 6 nitrogen and oxygen atoms in total. The second-order valence-corrected chi connectivity index (χ2v) is 7.77. The van der Waals surface area contributed by atoms with Gasteiger partial charge in [-0.1, -0.05) is 56.0 Å². The molecule has 6 heteroatoms. The van der Waals surface area contributed by atoms with Crippen molar-refractivity contribution in [2.75, 3.05) is 13.1 Å².